The van der Waals surface area contributed by atoms with E-state index >= 15 is 0 Å². The van der Waals surface area contributed by atoms with Gasteiger partial charge in [-0.3, -0.25) is 14.5 Å². The lowest BCUT2D eigenvalue weighted by Gasteiger charge is -2.20. The van der Waals surface area contributed by atoms with Crippen LogP contribution < -0.4 is 25.8 Å². The first-order valence-electron chi connectivity index (χ1n) is 11.0. The van der Waals surface area contributed by atoms with Crippen molar-refractivity contribution in [2.45, 2.75) is 25.1 Å². The molecule has 0 unspecified atom stereocenters. The number of carbonyl (C=O) groups excluding carboxylic acids is 2. The highest BCUT2D eigenvalue weighted by Gasteiger charge is 2.33. The molecule has 3 aliphatic rings. The predicted molar refractivity (Wildman–Crippen MR) is 122 cm³/mol. The number of para-hydroxylation sites is 1. The summed E-state index contributed by atoms with van der Waals surface area (Å²) < 4.78 is 12.8. The summed E-state index contributed by atoms with van der Waals surface area (Å²) in [5.74, 6) is 0.359. The fourth-order valence-corrected chi connectivity index (χ4v) is 4.85. The Morgan fingerprint density at radius 2 is 1.97 bits per heavy atom. The fraction of sp³-hybridized carbons (Fsp3) is 0.292. The molecule has 6 rings (SSSR count). The zero-order valence-electron chi connectivity index (χ0n) is 17.7. The minimum absolute atomic E-state index is 0.00579. The van der Waals surface area contributed by atoms with Crippen LogP contribution in [0.2, 0.25) is 0 Å². The highest BCUT2D eigenvalue weighted by Crippen LogP contribution is 2.34. The molecule has 2 amide bonds. The zero-order valence-corrected chi connectivity index (χ0v) is 17.7. The molecule has 2 N–H and O–H groups in total. The van der Waals surface area contributed by atoms with Crippen LogP contribution in [0.15, 0.2) is 53.3 Å². The number of hydrogen-bond donors (Lipinski definition) is 2. The van der Waals surface area contributed by atoms with Crippen molar-refractivity contribution in [3.63, 3.8) is 0 Å². The quantitative estimate of drug-likeness (QED) is 0.624. The normalized spacial score (nSPS) is 21.0. The van der Waals surface area contributed by atoms with Gasteiger partial charge in [0.1, 0.15) is 11.9 Å². The number of pyridine rings is 1. The number of amides is 2. The molecule has 1 fully saturated rings. The Morgan fingerprint density at radius 1 is 1.06 bits per heavy atom. The van der Waals surface area contributed by atoms with Crippen molar-refractivity contribution in [3.8, 4) is 5.75 Å². The van der Waals surface area contributed by atoms with Crippen molar-refractivity contribution in [2.75, 3.05) is 29.9 Å². The molecule has 2 aromatic carbocycles. The molecule has 1 saturated heterocycles. The monoisotopic (exact) mass is 446 g/mol. The number of ether oxygens (including phenoxy) is 2. The van der Waals surface area contributed by atoms with Gasteiger partial charge in [-0.15, -0.1) is 0 Å². The van der Waals surface area contributed by atoms with Crippen LogP contribution in [-0.4, -0.2) is 42.4 Å². The van der Waals surface area contributed by atoms with E-state index in [2.05, 4.69) is 16.7 Å². The number of rotatable bonds is 5. The topological polar surface area (TPSA) is 102 Å². The van der Waals surface area contributed by atoms with Crippen molar-refractivity contribution in [1.82, 2.24) is 9.88 Å². The highest BCUT2D eigenvalue weighted by atomic mass is 16.6. The fourth-order valence-electron chi connectivity index (χ4n) is 4.85. The number of cyclic esters (lactones) is 1. The summed E-state index contributed by atoms with van der Waals surface area (Å²) in [6, 6.07) is 14.8. The van der Waals surface area contributed by atoms with E-state index in [4.69, 9.17) is 9.47 Å². The lowest BCUT2D eigenvalue weighted by Crippen LogP contribution is -2.29. The Morgan fingerprint density at radius 3 is 2.88 bits per heavy atom. The van der Waals surface area contributed by atoms with Crippen LogP contribution in [0.4, 0.5) is 16.2 Å². The molecule has 0 aliphatic carbocycles. The summed E-state index contributed by atoms with van der Waals surface area (Å²) in [6.45, 7) is 1.65. The number of nitrogens with zero attached hydrogens (tertiary/aromatic N) is 2. The van der Waals surface area contributed by atoms with Crippen molar-refractivity contribution in [1.29, 1.82) is 0 Å². The minimum atomic E-state index is -0.410. The van der Waals surface area contributed by atoms with Crippen LogP contribution in [-0.2, 0) is 16.1 Å². The number of carbonyl (C=O) groups is 2. The smallest absolute Gasteiger partial charge is 0.414 e. The molecule has 2 atom stereocenters. The van der Waals surface area contributed by atoms with E-state index in [0.717, 1.165) is 16.5 Å². The van der Waals surface area contributed by atoms with Crippen molar-refractivity contribution < 1.29 is 19.1 Å². The molecule has 168 valence electrons. The van der Waals surface area contributed by atoms with Gasteiger partial charge in [0, 0.05) is 18.3 Å². The summed E-state index contributed by atoms with van der Waals surface area (Å²) in [5, 5.41) is 7.34. The molecule has 4 heterocycles. The largest absolute Gasteiger partial charge is 0.482 e. The lowest BCUT2D eigenvalue weighted by molar-refractivity contribution is -0.118. The van der Waals surface area contributed by atoms with E-state index in [-0.39, 0.29) is 30.2 Å². The van der Waals surface area contributed by atoms with Gasteiger partial charge in [-0.05, 0) is 48.2 Å². The van der Waals surface area contributed by atoms with Gasteiger partial charge in [-0.25, -0.2) is 4.79 Å². The second-order valence-electron chi connectivity index (χ2n) is 8.50. The number of anilines is 2. The molecule has 0 radical (unpaired) electrons. The second kappa shape index (κ2) is 7.63. The van der Waals surface area contributed by atoms with Crippen LogP contribution in [0.3, 0.4) is 0 Å². The van der Waals surface area contributed by atoms with Crippen LogP contribution in [0, 0.1) is 0 Å². The van der Waals surface area contributed by atoms with Gasteiger partial charge in [-0.2, -0.15) is 0 Å². The van der Waals surface area contributed by atoms with Crippen molar-refractivity contribution in [2.24, 2.45) is 0 Å². The Balaban J connectivity index is 1.10. The Hall–Kier alpha value is -3.85. The first kappa shape index (κ1) is 19.8. The van der Waals surface area contributed by atoms with Gasteiger partial charge in [0.05, 0.1) is 23.8 Å². The van der Waals surface area contributed by atoms with Gasteiger partial charge in [0.15, 0.2) is 6.61 Å². The van der Waals surface area contributed by atoms with Gasteiger partial charge in [0.25, 0.3) is 11.5 Å². The molecule has 3 aromatic rings. The molecule has 0 saturated carbocycles. The lowest BCUT2D eigenvalue weighted by atomic mass is 10.1. The van der Waals surface area contributed by atoms with E-state index in [1.54, 1.807) is 29.2 Å². The van der Waals surface area contributed by atoms with Crippen LogP contribution in [0.25, 0.3) is 10.9 Å². The van der Waals surface area contributed by atoms with E-state index in [1.165, 1.54) is 0 Å². The van der Waals surface area contributed by atoms with Gasteiger partial charge in [-0.1, -0.05) is 18.2 Å². The Kier molecular flexibility index (Phi) is 4.58. The molecule has 33 heavy (non-hydrogen) atoms. The number of aromatic nitrogens is 1. The summed E-state index contributed by atoms with van der Waals surface area (Å²) >= 11 is 0. The molecular weight excluding hydrogens is 424 g/mol. The van der Waals surface area contributed by atoms with Crippen molar-refractivity contribution >= 4 is 34.3 Å². The average molecular weight is 446 g/mol. The standard InChI is InChI=1S/C24H22N4O5/c29-21-13-32-20-6-5-15(10-18(20)26-21)27-11-16(33-24(27)31)8-9-25-19-12-28-22(30)7-4-14-2-1-3-17(19)23(14)28/h1-7,10,16,19,25H,8-9,11-13H2,(H,26,29)/t16-,19-/m0/s1. The third-order valence-corrected chi connectivity index (χ3v) is 6.42. The molecule has 0 bridgehead atoms. The first-order chi connectivity index (χ1) is 16.1. The Labute approximate surface area is 188 Å². The van der Waals surface area contributed by atoms with Gasteiger partial charge in [0.2, 0.25) is 0 Å². The molecule has 9 heteroatoms. The highest BCUT2D eigenvalue weighted by molar-refractivity contribution is 5.97. The molecule has 3 aliphatic heterocycles. The van der Waals surface area contributed by atoms with E-state index < -0.39 is 6.09 Å². The minimum Gasteiger partial charge on any atom is -0.482 e. The summed E-state index contributed by atoms with van der Waals surface area (Å²) in [6.07, 6.45) is -0.0214. The molecule has 9 nitrogen and oxygen atoms in total. The van der Waals surface area contributed by atoms with E-state index in [0.29, 0.717) is 43.2 Å². The SMILES string of the molecule is O=C1COc2ccc(N3C[C@H](CCN[C@H]4Cn5c(=O)ccc6cccc4c65)OC3=O)cc2N1. The van der Waals surface area contributed by atoms with Gasteiger partial charge < -0.3 is 24.7 Å². The summed E-state index contributed by atoms with van der Waals surface area (Å²) in [5.41, 5.74) is 3.31. The average Bonchev–Trinajstić information content (AvgIpc) is 3.38. The second-order valence-corrected chi connectivity index (χ2v) is 8.50. The predicted octanol–water partition coefficient (Wildman–Crippen LogP) is 2.39. The number of benzene rings is 2. The third-order valence-electron chi connectivity index (χ3n) is 6.42. The summed E-state index contributed by atoms with van der Waals surface area (Å²) in [4.78, 5) is 37.9. The molecule has 1 aromatic heterocycles. The number of fused-ring (bicyclic) bond motifs is 1. The van der Waals surface area contributed by atoms with Crippen LogP contribution in [0.1, 0.15) is 18.0 Å². The maximum absolute atomic E-state index is 12.5. The van der Waals surface area contributed by atoms with Crippen LogP contribution in [0.5, 0.6) is 5.75 Å². The Bertz CT molecular complexity index is 1350. The van der Waals surface area contributed by atoms with Gasteiger partial charge >= 0.3 is 6.09 Å². The maximum atomic E-state index is 12.5. The van der Waals surface area contributed by atoms with Crippen LogP contribution >= 0.6 is 0 Å². The maximum Gasteiger partial charge on any atom is 0.414 e. The number of hydrogen-bond acceptors (Lipinski definition) is 6. The third kappa shape index (κ3) is 3.41. The first-order valence-corrected chi connectivity index (χ1v) is 11.0. The molecular formula is C24H22N4O5. The number of nitrogens with one attached hydrogen (secondary N) is 2. The van der Waals surface area contributed by atoms with Crippen molar-refractivity contribution in [3.05, 3.63) is 64.4 Å². The molecule has 0 spiro atoms. The van der Waals surface area contributed by atoms with E-state index in [9.17, 15) is 14.4 Å². The zero-order chi connectivity index (χ0) is 22.5. The van der Waals surface area contributed by atoms with E-state index in [1.807, 2.05) is 22.8 Å². The summed E-state index contributed by atoms with van der Waals surface area (Å²) in [7, 11) is 0.